The van der Waals surface area contributed by atoms with Crippen LogP contribution in [-0.4, -0.2) is 10.2 Å². The normalized spacial score (nSPS) is 10.6. The monoisotopic (exact) mass is 265 g/mol. The minimum absolute atomic E-state index is 0.516. The van der Waals surface area contributed by atoms with E-state index in [-0.39, 0.29) is 0 Å². The van der Waals surface area contributed by atoms with Crippen LogP contribution in [0.3, 0.4) is 0 Å². The van der Waals surface area contributed by atoms with Gasteiger partial charge in [-0.3, -0.25) is 5.10 Å². The SMILES string of the molecule is Cc1cc(Br)c(C)c(-c2cc(N)n[nH]2)c1. The molecule has 0 aliphatic rings. The van der Waals surface area contributed by atoms with Crippen LogP contribution < -0.4 is 5.73 Å². The summed E-state index contributed by atoms with van der Waals surface area (Å²) in [5.74, 6) is 0.516. The number of H-pyrrole nitrogens is 1. The maximum Gasteiger partial charge on any atom is 0.145 e. The average Bonchev–Trinajstić information content (AvgIpc) is 2.58. The summed E-state index contributed by atoms with van der Waals surface area (Å²) in [5, 5.41) is 6.85. The quantitative estimate of drug-likeness (QED) is 0.833. The van der Waals surface area contributed by atoms with Crippen molar-refractivity contribution < 1.29 is 0 Å². The second-order valence-electron chi connectivity index (χ2n) is 3.63. The Morgan fingerprint density at radius 1 is 1.27 bits per heavy atom. The lowest BCUT2D eigenvalue weighted by atomic mass is 10.0. The zero-order valence-electron chi connectivity index (χ0n) is 8.63. The van der Waals surface area contributed by atoms with E-state index in [1.807, 2.05) is 6.07 Å². The van der Waals surface area contributed by atoms with Gasteiger partial charge in [0.1, 0.15) is 5.82 Å². The van der Waals surface area contributed by atoms with Crippen molar-refractivity contribution in [3.05, 3.63) is 33.8 Å². The van der Waals surface area contributed by atoms with Crippen molar-refractivity contribution in [2.24, 2.45) is 0 Å². The number of benzene rings is 1. The van der Waals surface area contributed by atoms with E-state index in [4.69, 9.17) is 5.73 Å². The summed E-state index contributed by atoms with van der Waals surface area (Å²) in [4.78, 5) is 0. The van der Waals surface area contributed by atoms with Gasteiger partial charge in [-0.15, -0.1) is 0 Å². The van der Waals surface area contributed by atoms with Crippen LogP contribution in [-0.2, 0) is 0 Å². The van der Waals surface area contributed by atoms with Gasteiger partial charge in [0, 0.05) is 16.1 Å². The highest BCUT2D eigenvalue weighted by molar-refractivity contribution is 9.10. The molecule has 0 saturated carbocycles. The molecule has 2 aromatic rings. The molecule has 0 saturated heterocycles. The van der Waals surface area contributed by atoms with Crippen molar-refractivity contribution in [2.75, 3.05) is 5.73 Å². The first-order valence-corrected chi connectivity index (χ1v) is 5.45. The molecule has 0 bridgehead atoms. The molecular weight excluding hydrogens is 254 g/mol. The number of nitrogens with zero attached hydrogens (tertiary/aromatic N) is 1. The largest absolute Gasteiger partial charge is 0.382 e. The molecule has 15 heavy (non-hydrogen) atoms. The maximum atomic E-state index is 5.59. The summed E-state index contributed by atoms with van der Waals surface area (Å²) in [6.45, 7) is 4.13. The average molecular weight is 266 g/mol. The highest BCUT2D eigenvalue weighted by Crippen LogP contribution is 2.29. The van der Waals surface area contributed by atoms with Crippen LogP contribution in [0.4, 0.5) is 5.82 Å². The minimum atomic E-state index is 0.516. The van der Waals surface area contributed by atoms with E-state index in [9.17, 15) is 0 Å². The molecule has 78 valence electrons. The van der Waals surface area contributed by atoms with E-state index in [1.54, 1.807) is 0 Å². The molecule has 0 radical (unpaired) electrons. The number of rotatable bonds is 1. The molecule has 0 aliphatic carbocycles. The third-order valence-electron chi connectivity index (χ3n) is 2.38. The van der Waals surface area contributed by atoms with E-state index >= 15 is 0 Å². The van der Waals surface area contributed by atoms with E-state index in [0.29, 0.717) is 5.82 Å². The van der Waals surface area contributed by atoms with Crippen molar-refractivity contribution in [1.29, 1.82) is 0 Å². The van der Waals surface area contributed by atoms with Crippen LogP contribution in [0.1, 0.15) is 11.1 Å². The van der Waals surface area contributed by atoms with Gasteiger partial charge in [0.25, 0.3) is 0 Å². The second-order valence-corrected chi connectivity index (χ2v) is 4.48. The number of aromatic amines is 1. The fourth-order valence-corrected chi connectivity index (χ4v) is 2.14. The van der Waals surface area contributed by atoms with Crippen LogP contribution in [0.2, 0.25) is 0 Å². The Hall–Kier alpha value is -1.29. The Bertz CT molecular complexity index is 503. The molecule has 0 amide bonds. The predicted molar refractivity (Wildman–Crippen MR) is 65.6 cm³/mol. The molecule has 0 fully saturated rings. The first-order chi connectivity index (χ1) is 7.08. The molecule has 1 aromatic carbocycles. The molecule has 3 N–H and O–H groups in total. The van der Waals surface area contributed by atoms with E-state index < -0.39 is 0 Å². The first kappa shape index (κ1) is 10.2. The third-order valence-corrected chi connectivity index (χ3v) is 3.20. The highest BCUT2D eigenvalue weighted by atomic mass is 79.9. The molecule has 0 atom stereocenters. The number of nitrogens with two attached hydrogens (primary N) is 1. The Kier molecular flexibility index (Phi) is 2.52. The second kappa shape index (κ2) is 3.70. The van der Waals surface area contributed by atoms with E-state index in [0.717, 1.165) is 15.7 Å². The summed E-state index contributed by atoms with van der Waals surface area (Å²) in [6.07, 6.45) is 0. The minimum Gasteiger partial charge on any atom is -0.382 e. The number of nitrogen functional groups attached to an aromatic ring is 1. The van der Waals surface area contributed by atoms with Gasteiger partial charge in [-0.05, 0) is 37.1 Å². The van der Waals surface area contributed by atoms with Gasteiger partial charge in [0.15, 0.2) is 0 Å². The van der Waals surface area contributed by atoms with Gasteiger partial charge in [0.2, 0.25) is 0 Å². The van der Waals surface area contributed by atoms with Crippen LogP contribution in [0, 0.1) is 13.8 Å². The van der Waals surface area contributed by atoms with Crippen LogP contribution >= 0.6 is 15.9 Å². The van der Waals surface area contributed by atoms with Crippen molar-refractivity contribution >= 4 is 21.7 Å². The molecular formula is C11H12BrN3. The van der Waals surface area contributed by atoms with Crippen LogP contribution in [0.5, 0.6) is 0 Å². The van der Waals surface area contributed by atoms with Crippen molar-refractivity contribution in [3.8, 4) is 11.3 Å². The number of aromatic nitrogens is 2. The number of hydrogen-bond donors (Lipinski definition) is 2. The van der Waals surface area contributed by atoms with Crippen molar-refractivity contribution in [1.82, 2.24) is 10.2 Å². The smallest absolute Gasteiger partial charge is 0.145 e. The zero-order valence-corrected chi connectivity index (χ0v) is 10.2. The molecule has 0 spiro atoms. The van der Waals surface area contributed by atoms with Crippen LogP contribution in [0.25, 0.3) is 11.3 Å². The van der Waals surface area contributed by atoms with Crippen molar-refractivity contribution in [2.45, 2.75) is 13.8 Å². The Morgan fingerprint density at radius 2 is 2.00 bits per heavy atom. The number of aryl methyl sites for hydroxylation is 1. The Balaban J connectivity index is 2.62. The molecule has 4 heteroatoms. The predicted octanol–water partition coefficient (Wildman–Crippen LogP) is 3.04. The van der Waals surface area contributed by atoms with Gasteiger partial charge >= 0.3 is 0 Å². The Morgan fingerprint density at radius 3 is 2.60 bits per heavy atom. The molecule has 1 aromatic heterocycles. The molecule has 1 heterocycles. The first-order valence-electron chi connectivity index (χ1n) is 4.66. The molecule has 0 aliphatic heterocycles. The van der Waals surface area contributed by atoms with Gasteiger partial charge < -0.3 is 5.73 Å². The maximum absolute atomic E-state index is 5.59. The van der Waals surface area contributed by atoms with Crippen molar-refractivity contribution in [3.63, 3.8) is 0 Å². The fraction of sp³-hybridized carbons (Fsp3) is 0.182. The summed E-state index contributed by atoms with van der Waals surface area (Å²) in [5.41, 5.74) is 10.1. The third kappa shape index (κ3) is 1.90. The van der Waals surface area contributed by atoms with E-state index in [1.165, 1.54) is 11.1 Å². The van der Waals surface area contributed by atoms with Gasteiger partial charge in [0.05, 0.1) is 5.69 Å². The van der Waals surface area contributed by atoms with Gasteiger partial charge in [-0.25, -0.2) is 0 Å². The number of anilines is 1. The van der Waals surface area contributed by atoms with Gasteiger partial charge in [-0.2, -0.15) is 5.10 Å². The number of halogens is 1. The molecule has 3 nitrogen and oxygen atoms in total. The van der Waals surface area contributed by atoms with E-state index in [2.05, 4.69) is 52.1 Å². The number of hydrogen-bond acceptors (Lipinski definition) is 2. The standard InChI is InChI=1S/C11H12BrN3/c1-6-3-8(7(2)9(12)4-6)10-5-11(13)15-14-10/h3-5H,1-2H3,(H3,13,14,15). The summed E-state index contributed by atoms with van der Waals surface area (Å²) in [7, 11) is 0. The number of nitrogens with one attached hydrogen (secondary N) is 1. The summed E-state index contributed by atoms with van der Waals surface area (Å²) < 4.78 is 1.10. The Labute approximate surface area is 96.8 Å². The summed E-state index contributed by atoms with van der Waals surface area (Å²) in [6, 6.07) is 6.06. The fourth-order valence-electron chi connectivity index (χ4n) is 1.57. The van der Waals surface area contributed by atoms with Gasteiger partial charge in [-0.1, -0.05) is 15.9 Å². The lowest BCUT2D eigenvalue weighted by Crippen LogP contribution is -1.87. The lowest BCUT2D eigenvalue weighted by molar-refractivity contribution is 1.10. The molecule has 0 unspecified atom stereocenters. The summed E-state index contributed by atoms with van der Waals surface area (Å²) >= 11 is 3.54. The topological polar surface area (TPSA) is 54.7 Å². The molecule has 2 rings (SSSR count). The lowest BCUT2D eigenvalue weighted by Gasteiger charge is -2.07. The zero-order chi connectivity index (χ0) is 11.0. The van der Waals surface area contributed by atoms with Crippen LogP contribution in [0.15, 0.2) is 22.7 Å². The highest BCUT2D eigenvalue weighted by Gasteiger charge is 2.08.